The first kappa shape index (κ1) is 14.8. The third kappa shape index (κ3) is 2.52. The molecule has 2 aliphatic rings. The van der Waals surface area contributed by atoms with Crippen molar-refractivity contribution in [3.05, 3.63) is 11.6 Å². The van der Waals surface area contributed by atoms with Crippen LogP contribution in [-0.4, -0.2) is 17.0 Å². The predicted octanol–water partition coefficient (Wildman–Crippen LogP) is 3.74. The molecule has 1 N–H and O–H groups in total. The number of ketones is 1. The van der Waals surface area contributed by atoms with E-state index in [0.29, 0.717) is 17.6 Å². The number of aliphatic hydroxyl groups is 1. The molecule has 2 saturated carbocycles. The SMILES string of the molecule is CCC(C)/C=C1\CCC2[C@H](C)C(O)CC[C@]2(C)C1=O. The van der Waals surface area contributed by atoms with Crippen LogP contribution in [0.3, 0.4) is 0 Å². The summed E-state index contributed by atoms with van der Waals surface area (Å²) >= 11 is 0. The van der Waals surface area contributed by atoms with Gasteiger partial charge in [-0.3, -0.25) is 4.79 Å². The standard InChI is InChI=1S/C17H28O2/c1-5-11(2)10-13-6-7-14-12(3)15(18)8-9-17(14,4)16(13)19/h10-12,14-15,18H,5-9H2,1-4H3/b13-10+/t11?,12-,14?,15?,17-/m0/s1. The van der Waals surface area contributed by atoms with Crippen molar-refractivity contribution >= 4 is 5.78 Å². The van der Waals surface area contributed by atoms with Crippen LogP contribution in [0.25, 0.3) is 0 Å². The lowest BCUT2D eigenvalue weighted by atomic mass is 9.54. The molecule has 2 heteroatoms. The molecule has 3 unspecified atom stereocenters. The fourth-order valence-corrected chi connectivity index (χ4v) is 4.02. The van der Waals surface area contributed by atoms with Crippen LogP contribution in [-0.2, 0) is 4.79 Å². The van der Waals surface area contributed by atoms with E-state index in [4.69, 9.17) is 0 Å². The van der Waals surface area contributed by atoms with Gasteiger partial charge in [-0.05, 0) is 49.0 Å². The fourth-order valence-electron chi connectivity index (χ4n) is 4.02. The first-order valence-corrected chi connectivity index (χ1v) is 7.83. The lowest BCUT2D eigenvalue weighted by molar-refractivity contribution is -0.138. The number of aliphatic hydroxyl groups excluding tert-OH is 1. The van der Waals surface area contributed by atoms with Gasteiger partial charge in [-0.1, -0.05) is 40.2 Å². The summed E-state index contributed by atoms with van der Waals surface area (Å²) in [7, 11) is 0. The number of hydrogen-bond acceptors (Lipinski definition) is 2. The van der Waals surface area contributed by atoms with E-state index in [1.807, 2.05) is 0 Å². The highest BCUT2D eigenvalue weighted by molar-refractivity contribution is 6.00. The van der Waals surface area contributed by atoms with E-state index in [1.165, 1.54) is 0 Å². The van der Waals surface area contributed by atoms with Gasteiger partial charge in [-0.15, -0.1) is 0 Å². The molecule has 0 aromatic carbocycles. The first-order chi connectivity index (χ1) is 8.90. The molecule has 19 heavy (non-hydrogen) atoms. The molecule has 2 aliphatic carbocycles. The maximum absolute atomic E-state index is 12.8. The Morgan fingerprint density at radius 2 is 2.16 bits per heavy atom. The molecule has 108 valence electrons. The Balaban J connectivity index is 2.25. The molecule has 0 spiro atoms. The van der Waals surface area contributed by atoms with Crippen molar-refractivity contribution < 1.29 is 9.90 Å². The van der Waals surface area contributed by atoms with Crippen molar-refractivity contribution in [2.45, 2.75) is 65.9 Å². The van der Waals surface area contributed by atoms with Crippen LogP contribution in [0, 0.1) is 23.2 Å². The molecule has 0 aliphatic heterocycles. The maximum atomic E-state index is 12.8. The summed E-state index contributed by atoms with van der Waals surface area (Å²) in [4.78, 5) is 12.8. The van der Waals surface area contributed by atoms with Crippen LogP contribution in [0.5, 0.6) is 0 Å². The zero-order chi connectivity index (χ0) is 14.2. The number of Topliss-reactive ketones (excluding diaryl/α,β-unsaturated/α-hetero) is 1. The third-order valence-corrected chi connectivity index (χ3v) is 5.68. The van der Waals surface area contributed by atoms with Crippen LogP contribution in [0.4, 0.5) is 0 Å². The van der Waals surface area contributed by atoms with E-state index in [1.54, 1.807) is 0 Å². The van der Waals surface area contributed by atoms with Crippen LogP contribution in [0.15, 0.2) is 11.6 Å². The number of hydrogen-bond donors (Lipinski definition) is 1. The molecule has 2 rings (SSSR count). The van der Waals surface area contributed by atoms with Gasteiger partial charge in [0.2, 0.25) is 0 Å². The van der Waals surface area contributed by atoms with Crippen LogP contribution in [0.2, 0.25) is 0 Å². The predicted molar refractivity (Wildman–Crippen MR) is 77.8 cm³/mol. The number of fused-ring (bicyclic) bond motifs is 1. The Bertz CT molecular complexity index is 385. The second kappa shape index (κ2) is 5.40. The average molecular weight is 264 g/mol. The second-order valence-electron chi connectivity index (χ2n) is 6.93. The first-order valence-electron chi connectivity index (χ1n) is 7.83. The summed E-state index contributed by atoms with van der Waals surface area (Å²) in [6, 6.07) is 0. The van der Waals surface area contributed by atoms with Crippen molar-refractivity contribution in [3.8, 4) is 0 Å². The van der Waals surface area contributed by atoms with E-state index >= 15 is 0 Å². The summed E-state index contributed by atoms with van der Waals surface area (Å²) in [5.74, 6) is 1.47. The Morgan fingerprint density at radius 1 is 1.47 bits per heavy atom. The molecule has 2 nitrogen and oxygen atoms in total. The zero-order valence-corrected chi connectivity index (χ0v) is 12.8. The Morgan fingerprint density at radius 3 is 2.79 bits per heavy atom. The zero-order valence-electron chi connectivity index (χ0n) is 12.8. The second-order valence-corrected chi connectivity index (χ2v) is 6.93. The normalized spacial score (nSPS) is 43.1. The van der Waals surface area contributed by atoms with Gasteiger partial charge in [0.1, 0.15) is 0 Å². The monoisotopic (exact) mass is 264 g/mol. The van der Waals surface area contributed by atoms with Gasteiger partial charge in [-0.2, -0.15) is 0 Å². The molecule has 0 aromatic rings. The van der Waals surface area contributed by atoms with Crippen molar-refractivity contribution in [2.75, 3.05) is 0 Å². The minimum Gasteiger partial charge on any atom is -0.393 e. The van der Waals surface area contributed by atoms with E-state index in [-0.39, 0.29) is 17.4 Å². The summed E-state index contributed by atoms with van der Waals surface area (Å²) in [6.45, 7) is 8.59. The Hall–Kier alpha value is -0.630. The molecule has 0 aromatic heterocycles. The van der Waals surface area contributed by atoms with E-state index < -0.39 is 0 Å². The van der Waals surface area contributed by atoms with Crippen molar-refractivity contribution in [1.82, 2.24) is 0 Å². The molecule has 0 heterocycles. The highest BCUT2D eigenvalue weighted by atomic mass is 16.3. The topological polar surface area (TPSA) is 37.3 Å². The van der Waals surface area contributed by atoms with Gasteiger partial charge in [0.05, 0.1) is 6.10 Å². The van der Waals surface area contributed by atoms with Gasteiger partial charge in [0, 0.05) is 5.41 Å². The smallest absolute Gasteiger partial charge is 0.164 e. The summed E-state index contributed by atoms with van der Waals surface area (Å²) in [5.41, 5.74) is 0.826. The minimum atomic E-state index is -0.226. The lowest BCUT2D eigenvalue weighted by Crippen LogP contribution is -2.50. The molecule has 0 amide bonds. The van der Waals surface area contributed by atoms with Gasteiger partial charge < -0.3 is 5.11 Å². The average Bonchev–Trinajstić information content (AvgIpc) is 2.39. The van der Waals surface area contributed by atoms with Gasteiger partial charge in [0.15, 0.2) is 5.78 Å². The van der Waals surface area contributed by atoms with Crippen LogP contribution >= 0.6 is 0 Å². The molecule has 0 saturated heterocycles. The largest absolute Gasteiger partial charge is 0.393 e. The summed E-state index contributed by atoms with van der Waals surface area (Å²) in [5, 5.41) is 10.0. The highest BCUT2D eigenvalue weighted by Crippen LogP contribution is 2.52. The molecule has 0 radical (unpaired) electrons. The highest BCUT2D eigenvalue weighted by Gasteiger charge is 2.51. The molecular formula is C17H28O2. The van der Waals surface area contributed by atoms with Crippen LogP contribution < -0.4 is 0 Å². The van der Waals surface area contributed by atoms with Crippen molar-refractivity contribution in [1.29, 1.82) is 0 Å². The Kier molecular flexibility index (Phi) is 4.20. The van der Waals surface area contributed by atoms with Crippen LogP contribution in [0.1, 0.15) is 59.8 Å². The lowest BCUT2D eigenvalue weighted by Gasteiger charge is -2.49. The molecular weight excluding hydrogens is 236 g/mol. The van der Waals surface area contributed by atoms with Gasteiger partial charge >= 0.3 is 0 Å². The van der Waals surface area contributed by atoms with E-state index in [2.05, 4.69) is 33.8 Å². The maximum Gasteiger partial charge on any atom is 0.164 e. The minimum absolute atomic E-state index is 0.217. The third-order valence-electron chi connectivity index (χ3n) is 5.68. The summed E-state index contributed by atoms with van der Waals surface area (Å²) in [6.07, 6.45) is 6.65. The number of carbonyl (C=O) groups is 1. The van der Waals surface area contributed by atoms with E-state index in [9.17, 15) is 9.90 Å². The number of allylic oxidation sites excluding steroid dienone is 2. The quantitative estimate of drug-likeness (QED) is 0.772. The van der Waals surface area contributed by atoms with Crippen molar-refractivity contribution in [2.24, 2.45) is 23.2 Å². The Labute approximate surface area is 117 Å². The van der Waals surface area contributed by atoms with E-state index in [0.717, 1.165) is 37.7 Å². The molecule has 5 atom stereocenters. The number of rotatable bonds is 2. The number of carbonyl (C=O) groups excluding carboxylic acids is 1. The molecule has 0 bridgehead atoms. The fraction of sp³-hybridized carbons (Fsp3) is 0.824. The van der Waals surface area contributed by atoms with Crippen molar-refractivity contribution in [3.63, 3.8) is 0 Å². The molecule has 2 fully saturated rings. The summed E-state index contributed by atoms with van der Waals surface area (Å²) < 4.78 is 0. The van der Waals surface area contributed by atoms with Gasteiger partial charge in [-0.25, -0.2) is 0 Å². The van der Waals surface area contributed by atoms with Gasteiger partial charge in [0.25, 0.3) is 0 Å².